The lowest BCUT2D eigenvalue weighted by molar-refractivity contribution is -0.141. The Hall–Kier alpha value is -2.57. The van der Waals surface area contributed by atoms with Crippen molar-refractivity contribution >= 4 is 39.5 Å². The zero-order chi connectivity index (χ0) is 25.3. The third-order valence-electron chi connectivity index (χ3n) is 5.34. The van der Waals surface area contributed by atoms with Gasteiger partial charge in [-0.05, 0) is 56.2 Å². The third-order valence-corrected chi connectivity index (χ3v) is 6.85. The Morgan fingerprint density at radius 1 is 0.914 bits per heavy atom. The molecule has 0 spiro atoms. The van der Waals surface area contributed by atoms with Gasteiger partial charge < -0.3 is 10.2 Å². The summed E-state index contributed by atoms with van der Waals surface area (Å²) in [6.07, 6.45) is 0.802. The summed E-state index contributed by atoms with van der Waals surface area (Å²) >= 11 is 5.18. The highest BCUT2D eigenvalue weighted by Crippen LogP contribution is 2.22. The maximum atomic E-state index is 13.6. The topological polar surface area (TPSA) is 49.4 Å². The molecule has 0 saturated carbocycles. The van der Waals surface area contributed by atoms with E-state index in [-0.39, 0.29) is 11.8 Å². The molecule has 3 rings (SSSR count). The first kappa shape index (κ1) is 27.0. The number of carbonyl (C=O) groups excluding carboxylic acids is 2. The molecule has 2 amide bonds. The van der Waals surface area contributed by atoms with Crippen molar-refractivity contribution < 1.29 is 9.59 Å². The van der Waals surface area contributed by atoms with Crippen molar-refractivity contribution in [3.63, 3.8) is 0 Å². The quantitative estimate of drug-likeness (QED) is 0.292. The Kier molecular flexibility index (Phi) is 9.99. The molecular weight excluding hydrogens is 520 g/mol. The summed E-state index contributed by atoms with van der Waals surface area (Å²) in [7, 11) is 0. The van der Waals surface area contributed by atoms with Gasteiger partial charge in [0.15, 0.2) is 0 Å². The van der Waals surface area contributed by atoms with Crippen LogP contribution in [0.1, 0.15) is 38.3 Å². The number of halogens is 1. The van der Waals surface area contributed by atoms with Gasteiger partial charge in [-0.2, -0.15) is 0 Å². The number of nitrogens with one attached hydrogen (secondary N) is 1. The van der Waals surface area contributed by atoms with Crippen molar-refractivity contribution in [2.24, 2.45) is 0 Å². The van der Waals surface area contributed by atoms with Crippen molar-refractivity contribution in [3.05, 3.63) is 101 Å². The van der Waals surface area contributed by atoms with E-state index in [9.17, 15) is 9.59 Å². The molecule has 3 aromatic carbocycles. The van der Waals surface area contributed by atoms with Gasteiger partial charge in [-0.1, -0.05) is 76.6 Å². The van der Waals surface area contributed by atoms with Crippen LogP contribution in [-0.4, -0.2) is 34.0 Å². The van der Waals surface area contributed by atoms with E-state index >= 15 is 0 Å². The maximum absolute atomic E-state index is 13.6. The number of carbonyl (C=O) groups is 2. The summed E-state index contributed by atoms with van der Waals surface area (Å²) < 4.78 is 0.945. The predicted octanol–water partition coefficient (Wildman–Crippen LogP) is 6.49. The molecule has 3 aromatic rings. The Morgan fingerprint density at radius 3 is 2.17 bits per heavy atom. The van der Waals surface area contributed by atoms with Gasteiger partial charge in [0.05, 0.1) is 0 Å². The normalized spacial score (nSPS) is 12.1. The second kappa shape index (κ2) is 12.9. The van der Waals surface area contributed by atoms with Crippen molar-refractivity contribution in [2.45, 2.75) is 56.6 Å². The van der Waals surface area contributed by atoms with E-state index in [4.69, 9.17) is 0 Å². The van der Waals surface area contributed by atoms with E-state index < -0.39 is 11.6 Å². The first-order chi connectivity index (χ1) is 16.7. The third kappa shape index (κ3) is 9.19. The Morgan fingerprint density at radius 2 is 1.54 bits per heavy atom. The molecule has 4 nitrogen and oxygen atoms in total. The van der Waals surface area contributed by atoms with Gasteiger partial charge in [0.2, 0.25) is 11.8 Å². The van der Waals surface area contributed by atoms with Crippen LogP contribution in [0.4, 0.5) is 0 Å². The minimum absolute atomic E-state index is 0.0293. The van der Waals surface area contributed by atoms with E-state index in [0.29, 0.717) is 25.1 Å². The number of rotatable bonds is 10. The van der Waals surface area contributed by atoms with Gasteiger partial charge in [-0.15, -0.1) is 11.8 Å². The largest absolute Gasteiger partial charge is 0.350 e. The lowest BCUT2D eigenvalue weighted by Crippen LogP contribution is -2.54. The summed E-state index contributed by atoms with van der Waals surface area (Å²) in [6.45, 7) is 6.24. The molecule has 35 heavy (non-hydrogen) atoms. The lowest BCUT2D eigenvalue weighted by Gasteiger charge is -2.34. The fourth-order valence-corrected chi connectivity index (χ4v) is 5.06. The molecule has 0 heterocycles. The molecule has 0 radical (unpaired) electrons. The summed E-state index contributed by atoms with van der Waals surface area (Å²) in [4.78, 5) is 30.1. The minimum atomic E-state index is -0.621. The van der Waals surface area contributed by atoms with Gasteiger partial charge in [-0.3, -0.25) is 9.59 Å². The van der Waals surface area contributed by atoms with Crippen LogP contribution in [0.15, 0.2) is 94.3 Å². The van der Waals surface area contributed by atoms with E-state index in [2.05, 4.69) is 21.2 Å². The first-order valence-electron chi connectivity index (χ1n) is 11.8. The molecule has 0 fully saturated rings. The Bertz CT molecular complexity index is 1100. The molecule has 0 unspecified atom stereocenters. The highest BCUT2D eigenvalue weighted by atomic mass is 79.9. The first-order valence-corrected chi connectivity index (χ1v) is 13.6. The van der Waals surface area contributed by atoms with Crippen molar-refractivity contribution in [3.8, 4) is 0 Å². The second-order valence-corrected chi connectivity index (χ2v) is 11.6. The molecule has 0 saturated heterocycles. The summed E-state index contributed by atoms with van der Waals surface area (Å²) in [6, 6.07) is 27.2. The average Bonchev–Trinajstić information content (AvgIpc) is 2.81. The zero-order valence-electron chi connectivity index (χ0n) is 20.5. The second-order valence-electron chi connectivity index (χ2n) is 9.51. The molecule has 0 aliphatic carbocycles. The van der Waals surface area contributed by atoms with E-state index in [1.54, 1.807) is 16.7 Å². The van der Waals surface area contributed by atoms with E-state index in [1.807, 2.05) is 106 Å². The molecule has 1 atom stereocenters. The van der Waals surface area contributed by atoms with Crippen LogP contribution >= 0.6 is 27.7 Å². The standard InChI is InChI=1S/C29H33BrN2O2S/c1-29(2,3)31-28(34)26(20-22-11-6-4-7-12-22)32(21-23-13-10-14-24(30)19-23)27(33)17-18-35-25-15-8-5-9-16-25/h4-16,19,26H,17-18,20-21H2,1-3H3,(H,31,34)/t26-/m1/s1. The van der Waals surface area contributed by atoms with Gasteiger partial charge in [0.1, 0.15) is 6.04 Å². The van der Waals surface area contributed by atoms with E-state index in [1.165, 1.54) is 0 Å². The maximum Gasteiger partial charge on any atom is 0.243 e. The number of hydrogen-bond acceptors (Lipinski definition) is 3. The summed E-state index contributed by atoms with van der Waals surface area (Å²) in [5, 5.41) is 3.11. The molecule has 0 aliphatic rings. The molecule has 0 bridgehead atoms. The summed E-state index contributed by atoms with van der Waals surface area (Å²) in [5.74, 6) is 0.482. The molecule has 0 aromatic heterocycles. The highest BCUT2D eigenvalue weighted by molar-refractivity contribution is 9.10. The van der Waals surface area contributed by atoms with Crippen LogP contribution in [0.5, 0.6) is 0 Å². The minimum Gasteiger partial charge on any atom is -0.350 e. The molecule has 0 aliphatic heterocycles. The van der Waals surface area contributed by atoms with Crippen LogP contribution < -0.4 is 5.32 Å². The van der Waals surface area contributed by atoms with Gasteiger partial charge in [0.25, 0.3) is 0 Å². The highest BCUT2D eigenvalue weighted by Gasteiger charge is 2.32. The van der Waals surface area contributed by atoms with Crippen LogP contribution in [0.2, 0.25) is 0 Å². The van der Waals surface area contributed by atoms with Gasteiger partial charge >= 0.3 is 0 Å². The van der Waals surface area contributed by atoms with Crippen LogP contribution in [0, 0.1) is 0 Å². The fourth-order valence-electron chi connectivity index (χ4n) is 3.76. The number of nitrogens with zero attached hydrogens (tertiary/aromatic N) is 1. The monoisotopic (exact) mass is 552 g/mol. The van der Waals surface area contributed by atoms with Crippen molar-refractivity contribution in [2.75, 3.05) is 5.75 Å². The predicted molar refractivity (Wildman–Crippen MR) is 148 cm³/mol. The van der Waals surface area contributed by atoms with Crippen molar-refractivity contribution in [1.82, 2.24) is 10.2 Å². The van der Waals surface area contributed by atoms with Gasteiger partial charge in [0, 0.05) is 40.0 Å². The Labute approximate surface area is 221 Å². The molecular formula is C29H33BrN2O2S. The lowest BCUT2D eigenvalue weighted by atomic mass is 10.0. The zero-order valence-corrected chi connectivity index (χ0v) is 22.9. The number of hydrogen-bond donors (Lipinski definition) is 1. The van der Waals surface area contributed by atoms with Crippen LogP contribution in [0.25, 0.3) is 0 Å². The molecule has 1 N–H and O–H groups in total. The van der Waals surface area contributed by atoms with Crippen LogP contribution in [-0.2, 0) is 22.6 Å². The number of thioether (sulfide) groups is 1. The van der Waals surface area contributed by atoms with Crippen LogP contribution in [0.3, 0.4) is 0 Å². The van der Waals surface area contributed by atoms with Gasteiger partial charge in [-0.25, -0.2) is 0 Å². The smallest absolute Gasteiger partial charge is 0.243 e. The fraction of sp³-hybridized carbons (Fsp3) is 0.310. The van der Waals surface area contributed by atoms with Crippen molar-refractivity contribution in [1.29, 1.82) is 0 Å². The average molecular weight is 554 g/mol. The molecule has 184 valence electrons. The number of benzene rings is 3. The Balaban J connectivity index is 1.87. The number of amides is 2. The van der Waals surface area contributed by atoms with E-state index in [0.717, 1.165) is 20.5 Å². The molecule has 6 heteroatoms. The SMILES string of the molecule is CC(C)(C)NC(=O)[C@@H](Cc1ccccc1)N(Cc1cccc(Br)c1)C(=O)CCSc1ccccc1. The summed E-state index contributed by atoms with van der Waals surface area (Å²) in [5.41, 5.74) is 1.59.